The van der Waals surface area contributed by atoms with Crippen LogP contribution in [-0.2, 0) is 24.2 Å². The topological polar surface area (TPSA) is 83.6 Å². The number of hydrogen-bond acceptors (Lipinski definition) is 5. The Morgan fingerprint density at radius 1 is 1.36 bits per heavy atom. The van der Waals surface area contributed by atoms with Crippen LogP contribution in [0, 0.1) is 23.2 Å². The molecule has 28 heavy (non-hydrogen) atoms. The molecule has 1 aliphatic carbocycles. The Kier molecular flexibility index (Phi) is 6.80. The maximum atomic E-state index is 11.6. The normalized spacial score (nSPS) is 19.2. The summed E-state index contributed by atoms with van der Waals surface area (Å²) in [4.78, 5) is 20.5. The minimum Gasteiger partial charge on any atom is -0.352 e. The quantitative estimate of drug-likeness (QED) is 0.755. The molecule has 0 aliphatic heterocycles. The van der Waals surface area contributed by atoms with E-state index in [1.807, 2.05) is 0 Å². The zero-order valence-electron chi connectivity index (χ0n) is 16.8. The highest BCUT2D eigenvalue weighted by atomic mass is 16.1. The highest BCUT2D eigenvalue weighted by Crippen LogP contribution is 2.31. The van der Waals surface area contributed by atoms with E-state index in [4.69, 9.17) is 0 Å². The minimum atomic E-state index is 0.219. The molecule has 2 heterocycles. The molecule has 2 aromatic heterocycles. The van der Waals surface area contributed by atoms with E-state index in [1.54, 1.807) is 13.1 Å². The number of carbonyl (C=O) groups excluding carboxylic acids is 1. The molecule has 6 heteroatoms. The molecule has 0 atom stereocenters. The Bertz CT molecular complexity index is 843. The van der Waals surface area contributed by atoms with E-state index in [0.717, 1.165) is 57.3 Å². The first-order chi connectivity index (χ1) is 13.6. The maximum Gasteiger partial charge on any atom is 0.222 e. The number of aromatic nitrogens is 3. The fourth-order valence-electron chi connectivity index (χ4n) is 4.07. The van der Waals surface area contributed by atoms with Gasteiger partial charge in [0.25, 0.3) is 0 Å². The third-order valence-electron chi connectivity index (χ3n) is 5.81. The SMILES string of the molecule is CCc1cccn1CCNc1ncc(C#N)c(CC2CCC(C(C)=O)CC2)n1. The van der Waals surface area contributed by atoms with Gasteiger partial charge >= 0.3 is 0 Å². The van der Waals surface area contributed by atoms with Crippen molar-refractivity contribution in [2.75, 3.05) is 11.9 Å². The van der Waals surface area contributed by atoms with Crippen molar-refractivity contribution in [1.82, 2.24) is 14.5 Å². The van der Waals surface area contributed by atoms with E-state index in [-0.39, 0.29) is 5.92 Å². The Balaban J connectivity index is 1.59. The number of anilines is 1. The van der Waals surface area contributed by atoms with Gasteiger partial charge in [-0.15, -0.1) is 0 Å². The van der Waals surface area contributed by atoms with Crippen LogP contribution in [0.15, 0.2) is 24.5 Å². The van der Waals surface area contributed by atoms with Crippen molar-refractivity contribution < 1.29 is 4.79 Å². The Hall–Kier alpha value is -2.68. The summed E-state index contributed by atoms with van der Waals surface area (Å²) in [5.74, 6) is 1.59. The minimum absolute atomic E-state index is 0.219. The zero-order valence-corrected chi connectivity index (χ0v) is 16.8. The predicted molar refractivity (Wildman–Crippen MR) is 109 cm³/mol. The van der Waals surface area contributed by atoms with Gasteiger partial charge in [-0.05, 0) is 63.5 Å². The lowest BCUT2D eigenvalue weighted by atomic mass is 9.78. The van der Waals surface area contributed by atoms with Crippen LogP contribution in [0.25, 0.3) is 0 Å². The number of ketones is 1. The van der Waals surface area contributed by atoms with Crippen molar-refractivity contribution in [3.63, 3.8) is 0 Å². The first-order valence-corrected chi connectivity index (χ1v) is 10.2. The van der Waals surface area contributed by atoms with Gasteiger partial charge in [0.15, 0.2) is 0 Å². The van der Waals surface area contributed by atoms with Crippen LogP contribution in [0.3, 0.4) is 0 Å². The van der Waals surface area contributed by atoms with Crippen molar-refractivity contribution in [1.29, 1.82) is 5.26 Å². The summed E-state index contributed by atoms with van der Waals surface area (Å²) < 4.78 is 2.23. The van der Waals surface area contributed by atoms with Gasteiger partial charge in [0.05, 0.1) is 17.5 Å². The summed E-state index contributed by atoms with van der Waals surface area (Å²) in [6.07, 6.45) is 9.45. The van der Waals surface area contributed by atoms with Gasteiger partial charge in [-0.1, -0.05) is 6.92 Å². The summed E-state index contributed by atoms with van der Waals surface area (Å²) in [5, 5.41) is 12.7. The molecule has 1 saturated carbocycles. The molecule has 2 aromatic rings. The fourth-order valence-corrected chi connectivity index (χ4v) is 4.07. The van der Waals surface area contributed by atoms with Crippen LogP contribution in [0.5, 0.6) is 0 Å². The third kappa shape index (κ3) is 4.98. The number of carbonyl (C=O) groups is 1. The van der Waals surface area contributed by atoms with E-state index < -0.39 is 0 Å². The molecular weight excluding hydrogens is 350 g/mol. The molecule has 0 spiro atoms. The van der Waals surface area contributed by atoms with E-state index >= 15 is 0 Å². The molecule has 0 saturated heterocycles. The highest BCUT2D eigenvalue weighted by molar-refractivity contribution is 5.78. The number of hydrogen-bond donors (Lipinski definition) is 1. The van der Waals surface area contributed by atoms with Crippen LogP contribution in [0.2, 0.25) is 0 Å². The van der Waals surface area contributed by atoms with Gasteiger partial charge in [-0.25, -0.2) is 9.97 Å². The summed E-state index contributed by atoms with van der Waals surface area (Å²) in [7, 11) is 0. The number of nitrogens with one attached hydrogen (secondary N) is 1. The molecule has 3 rings (SSSR count). The molecule has 0 aromatic carbocycles. The molecule has 1 N–H and O–H groups in total. The van der Waals surface area contributed by atoms with Gasteiger partial charge in [0, 0.05) is 30.9 Å². The molecule has 1 aliphatic rings. The third-order valence-corrected chi connectivity index (χ3v) is 5.81. The van der Waals surface area contributed by atoms with Crippen LogP contribution < -0.4 is 5.32 Å². The summed E-state index contributed by atoms with van der Waals surface area (Å²) in [6.45, 7) is 5.43. The average Bonchev–Trinajstić information content (AvgIpc) is 3.16. The van der Waals surface area contributed by atoms with Gasteiger partial charge in [-0.2, -0.15) is 5.26 Å². The van der Waals surface area contributed by atoms with Gasteiger partial charge < -0.3 is 9.88 Å². The molecule has 0 bridgehead atoms. The smallest absolute Gasteiger partial charge is 0.222 e. The Morgan fingerprint density at radius 2 is 2.14 bits per heavy atom. The highest BCUT2D eigenvalue weighted by Gasteiger charge is 2.25. The molecule has 1 fully saturated rings. The largest absolute Gasteiger partial charge is 0.352 e. The lowest BCUT2D eigenvalue weighted by Crippen LogP contribution is -2.22. The summed E-state index contributed by atoms with van der Waals surface area (Å²) >= 11 is 0. The number of nitrogens with zero attached hydrogens (tertiary/aromatic N) is 4. The van der Waals surface area contributed by atoms with Crippen molar-refractivity contribution >= 4 is 11.7 Å². The molecule has 0 radical (unpaired) electrons. The first kappa shape index (κ1) is 20.1. The predicted octanol–water partition coefficient (Wildman–Crippen LogP) is 3.76. The van der Waals surface area contributed by atoms with Gasteiger partial charge in [-0.3, -0.25) is 4.79 Å². The van der Waals surface area contributed by atoms with Gasteiger partial charge in [0.1, 0.15) is 11.9 Å². The van der Waals surface area contributed by atoms with Gasteiger partial charge in [0.2, 0.25) is 5.95 Å². The second-order valence-electron chi connectivity index (χ2n) is 7.67. The van der Waals surface area contributed by atoms with Crippen molar-refractivity contribution in [3.05, 3.63) is 41.5 Å². The number of rotatable bonds is 8. The van der Waals surface area contributed by atoms with Crippen LogP contribution >= 0.6 is 0 Å². The Labute approximate surface area is 167 Å². The monoisotopic (exact) mass is 379 g/mol. The van der Waals surface area contributed by atoms with Crippen molar-refractivity contribution in [3.8, 4) is 6.07 Å². The number of nitriles is 1. The maximum absolute atomic E-state index is 11.6. The zero-order chi connectivity index (χ0) is 19.9. The fraction of sp³-hybridized carbons (Fsp3) is 0.545. The summed E-state index contributed by atoms with van der Waals surface area (Å²) in [6, 6.07) is 6.42. The Morgan fingerprint density at radius 3 is 2.82 bits per heavy atom. The second-order valence-corrected chi connectivity index (χ2v) is 7.67. The number of Topliss-reactive ketones (excluding diaryl/α,β-unsaturated/α-hetero) is 1. The summed E-state index contributed by atoms with van der Waals surface area (Å²) in [5.41, 5.74) is 2.68. The lowest BCUT2D eigenvalue weighted by Gasteiger charge is -2.26. The molecule has 148 valence electrons. The van der Waals surface area contributed by atoms with E-state index in [1.165, 1.54) is 5.69 Å². The molecule has 6 nitrogen and oxygen atoms in total. The van der Waals surface area contributed by atoms with E-state index in [0.29, 0.717) is 23.2 Å². The van der Waals surface area contributed by atoms with Crippen LogP contribution in [-0.4, -0.2) is 26.9 Å². The van der Waals surface area contributed by atoms with Crippen molar-refractivity contribution in [2.24, 2.45) is 11.8 Å². The lowest BCUT2D eigenvalue weighted by molar-refractivity contribution is -0.121. The molecule has 0 amide bonds. The number of aryl methyl sites for hydroxylation is 1. The molecular formula is C22H29N5O. The van der Waals surface area contributed by atoms with Crippen LogP contribution in [0.4, 0.5) is 5.95 Å². The van der Waals surface area contributed by atoms with Crippen LogP contribution in [0.1, 0.15) is 56.5 Å². The molecule has 0 unspecified atom stereocenters. The van der Waals surface area contributed by atoms with Crippen molar-refractivity contribution in [2.45, 2.75) is 58.9 Å². The standard InChI is InChI=1S/C22H29N5O/c1-3-20-5-4-11-27(20)12-10-24-22-25-15-19(14-23)21(26-22)13-17-6-8-18(9-7-17)16(2)28/h4-5,11,15,17-18H,3,6-10,12-13H2,1-2H3,(H,24,25,26). The van der Waals surface area contributed by atoms with E-state index in [2.05, 4.69) is 51.2 Å². The average molecular weight is 380 g/mol. The second kappa shape index (κ2) is 9.50. The van der Waals surface area contributed by atoms with E-state index in [9.17, 15) is 10.1 Å². The first-order valence-electron chi connectivity index (χ1n) is 10.2.